The van der Waals surface area contributed by atoms with E-state index in [1.54, 1.807) is 12.1 Å². The van der Waals surface area contributed by atoms with Gasteiger partial charge in [-0.2, -0.15) is 0 Å². The molecule has 3 nitrogen and oxygen atoms in total. The van der Waals surface area contributed by atoms with Crippen LogP contribution in [0.2, 0.25) is 0 Å². The van der Waals surface area contributed by atoms with Gasteiger partial charge in [0, 0.05) is 38.4 Å². The van der Waals surface area contributed by atoms with Crippen molar-refractivity contribution in [1.82, 2.24) is 9.80 Å². The second-order valence-electron chi connectivity index (χ2n) is 7.64. The molecule has 0 aromatic heterocycles. The van der Waals surface area contributed by atoms with Gasteiger partial charge in [-0.25, -0.2) is 4.39 Å². The molecule has 154 valence electrons. The van der Waals surface area contributed by atoms with Gasteiger partial charge in [0.2, 0.25) is 0 Å². The lowest BCUT2D eigenvalue weighted by molar-refractivity contribution is 0.169. The molecule has 0 atom stereocenters. The fourth-order valence-corrected chi connectivity index (χ4v) is 3.69. The monoisotopic (exact) mass is 402 g/mol. The number of benzene rings is 3. The molecule has 1 heterocycles. The molecule has 0 unspecified atom stereocenters. The average Bonchev–Trinajstić information content (AvgIpc) is 2.80. The van der Waals surface area contributed by atoms with Crippen molar-refractivity contribution in [3.05, 3.63) is 108 Å². The zero-order valence-electron chi connectivity index (χ0n) is 17.1. The normalized spacial score (nSPS) is 14.5. The zero-order chi connectivity index (χ0) is 20.8. The summed E-state index contributed by atoms with van der Waals surface area (Å²) in [7, 11) is 0. The summed E-state index contributed by atoms with van der Waals surface area (Å²) in [5, 5.41) is 0. The van der Waals surface area contributed by atoms with Gasteiger partial charge in [0.1, 0.15) is 18.2 Å². The van der Waals surface area contributed by atoms with Crippen LogP contribution in [-0.4, -0.2) is 36.0 Å². The summed E-state index contributed by atoms with van der Waals surface area (Å²) in [4.78, 5) is 4.85. The molecule has 0 radical (unpaired) electrons. The highest BCUT2D eigenvalue weighted by molar-refractivity contribution is 5.62. The van der Waals surface area contributed by atoms with E-state index in [2.05, 4.69) is 58.8 Å². The molecular weight excluding hydrogens is 375 g/mol. The minimum absolute atomic E-state index is 0.234. The predicted molar refractivity (Wildman–Crippen MR) is 120 cm³/mol. The Morgan fingerprint density at radius 2 is 1.47 bits per heavy atom. The number of hydrogen-bond acceptors (Lipinski definition) is 3. The van der Waals surface area contributed by atoms with Gasteiger partial charge < -0.3 is 9.64 Å². The summed E-state index contributed by atoms with van der Waals surface area (Å²) < 4.78 is 18.8. The Bertz CT molecular complexity index is 947. The maximum Gasteiger partial charge on any atom is 0.123 e. The smallest absolute Gasteiger partial charge is 0.123 e. The largest absolute Gasteiger partial charge is 0.489 e. The van der Waals surface area contributed by atoms with Crippen molar-refractivity contribution in [3.8, 4) is 5.75 Å². The molecule has 0 saturated carbocycles. The maximum atomic E-state index is 13.0. The Hall–Kier alpha value is -3.11. The summed E-state index contributed by atoms with van der Waals surface area (Å²) >= 11 is 0. The third-order valence-corrected chi connectivity index (χ3v) is 5.51. The van der Waals surface area contributed by atoms with Gasteiger partial charge in [0.15, 0.2) is 0 Å². The van der Waals surface area contributed by atoms with Crippen molar-refractivity contribution >= 4 is 5.70 Å². The molecule has 0 aliphatic carbocycles. The van der Waals surface area contributed by atoms with Gasteiger partial charge in [-0.1, -0.05) is 49.0 Å². The Labute approximate surface area is 178 Å². The van der Waals surface area contributed by atoms with E-state index < -0.39 is 0 Å². The van der Waals surface area contributed by atoms with Crippen LogP contribution in [0.25, 0.3) is 5.70 Å². The summed E-state index contributed by atoms with van der Waals surface area (Å²) in [6.07, 6.45) is 0. The number of nitrogens with zero attached hydrogens (tertiary/aromatic N) is 2. The van der Waals surface area contributed by atoms with E-state index in [-0.39, 0.29) is 5.82 Å². The molecule has 1 saturated heterocycles. The average molecular weight is 403 g/mol. The Morgan fingerprint density at radius 3 is 2.13 bits per heavy atom. The molecule has 0 spiro atoms. The van der Waals surface area contributed by atoms with Crippen LogP contribution in [0.1, 0.15) is 16.7 Å². The first-order valence-electron chi connectivity index (χ1n) is 10.4. The lowest BCUT2D eigenvalue weighted by Gasteiger charge is -2.37. The van der Waals surface area contributed by atoms with Gasteiger partial charge in [-0.3, -0.25) is 4.90 Å². The van der Waals surface area contributed by atoms with Gasteiger partial charge in [-0.05, 0) is 53.1 Å². The van der Waals surface area contributed by atoms with Crippen LogP contribution in [-0.2, 0) is 13.2 Å². The molecule has 1 aliphatic heterocycles. The Morgan fingerprint density at radius 1 is 0.800 bits per heavy atom. The zero-order valence-corrected chi connectivity index (χ0v) is 17.1. The van der Waals surface area contributed by atoms with Gasteiger partial charge in [0.05, 0.1) is 0 Å². The van der Waals surface area contributed by atoms with E-state index in [0.717, 1.165) is 55.3 Å². The first-order chi connectivity index (χ1) is 14.7. The molecule has 0 amide bonds. The highest BCUT2D eigenvalue weighted by atomic mass is 19.1. The first kappa shape index (κ1) is 20.2. The second kappa shape index (κ2) is 9.59. The lowest BCUT2D eigenvalue weighted by atomic mass is 10.1. The molecule has 30 heavy (non-hydrogen) atoms. The van der Waals surface area contributed by atoms with Crippen LogP contribution in [0.4, 0.5) is 4.39 Å². The molecule has 0 N–H and O–H groups in total. The van der Waals surface area contributed by atoms with Crippen LogP contribution in [0.5, 0.6) is 5.75 Å². The quantitative estimate of drug-likeness (QED) is 0.541. The second-order valence-corrected chi connectivity index (χ2v) is 7.64. The van der Waals surface area contributed by atoms with Crippen molar-refractivity contribution in [1.29, 1.82) is 0 Å². The van der Waals surface area contributed by atoms with Gasteiger partial charge >= 0.3 is 0 Å². The van der Waals surface area contributed by atoms with E-state index in [1.807, 2.05) is 12.1 Å². The third-order valence-electron chi connectivity index (χ3n) is 5.51. The van der Waals surface area contributed by atoms with Crippen molar-refractivity contribution < 1.29 is 9.13 Å². The number of rotatable bonds is 7. The summed E-state index contributed by atoms with van der Waals surface area (Å²) in [6, 6.07) is 25.0. The maximum absolute atomic E-state index is 13.0. The number of ether oxygens (including phenoxy) is 1. The van der Waals surface area contributed by atoms with E-state index in [1.165, 1.54) is 17.7 Å². The molecule has 1 aliphatic rings. The molecule has 3 aromatic carbocycles. The van der Waals surface area contributed by atoms with Crippen LogP contribution in [0.15, 0.2) is 85.4 Å². The van der Waals surface area contributed by atoms with Crippen molar-refractivity contribution in [2.24, 2.45) is 0 Å². The predicted octanol–water partition coefficient (Wildman–Crippen LogP) is 5.19. The number of hydrogen-bond donors (Lipinski definition) is 0. The fraction of sp³-hybridized carbons (Fsp3) is 0.231. The van der Waals surface area contributed by atoms with Gasteiger partial charge in [-0.15, -0.1) is 0 Å². The summed E-state index contributed by atoms with van der Waals surface area (Å²) in [5.74, 6) is 0.561. The third kappa shape index (κ3) is 5.28. The first-order valence-corrected chi connectivity index (χ1v) is 10.4. The van der Waals surface area contributed by atoms with E-state index in [4.69, 9.17) is 4.74 Å². The topological polar surface area (TPSA) is 15.7 Å². The SMILES string of the molecule is C=C(c1ccc(OCc2ccc(F)cc2)cc1)N1CCN(Cc2ccccc2)CC1. The summed E-state index contributed by atoms with van der Waals surface area (Å²) in [5.41, 5.74) is 4.47. The highest BCUT2D eigenvalue weighted by Crippen LogP contribution is 2.23. The molecule has 4 rings (SSSR count). The fourth-order valence-electron chi connectivity index (χ4n) is 3.69. The van der Waals surface area contributed by atoms with Crippen LogP contribution < -0.4 is 4.74 Å². The molecule has 0 bridgehead atoms. The molecular formula is C26H27FN2O. The minimum Gasteiger partial charge on any atom is -0.489 e. The molecule has 4 heteroatoms. The van der Waals surface area contributed by atoms with E-state index >= 15 is 0 Å². The number of piperazine rings is 1. The Balaban J connectivity index is 1.27. The van der Waals surface area contributed by atoms with E-state index in [9.17, 15) is 4.39 Å². The van der Waals surface area contributed by atoms with Crippen LogP contribution >= 0.6 is 0 Å². The molecule has 1 fully saturated rings. The number of halogens is 1. The lowest BCUT2D eigenvalue weighted by Crippen LogP contribution is -2.44. The molecule has 3 aromatic rings. The van der Waals surface area contributed by atoms with Crippen molar-refractivity contribution in [3.63, 3.8) is 0 Å². The standard InChI is InChI=1S/C26H27FN2O/c1-21(29-17-15-28(16-18-29)19-22-5-3-2-4-6-22)24-9-13-26(14-10-24)30-20-23-7-11-25(27)12-8-23/h2-14H,1,15-20H2. The van der Waals surface area contributed by atoms with Crippen LogP contribution in [0, 0.1) is 5.82 Å². The van der Waals surface area contributed by atoms with Crippen molar-refractivity contribution in [2.45, 2.75) is 13.2 Å². The van der Waals surface area contributed by atoms with E-state index in [0.29, 0.717) is 6.61 Å². The summed E-state index contributed by atoms with van der Waals surface area (Å²) in [6.45, 7) is 9.77. The Kier molecular flexibility index (Phi) is 6.45. The highest BCUT2D eigenvalue weighted by Gasteiger charge is 2.18. The van der Waals surface area contributed by atoms with Gasteiger partial charge in [0.25, 0.3) is 0 Å². The van der Waals surface area contributed by atoms with Crippen molar-refractivity contribution in [2.75, 3.05) is 26.2 Å². The minimum atomic E-state index is -0.234. The van der Waals surface area contributed by atoms with Crippen LogP contribution in [0.3, 0.4) is 0 Å².